The Kier molecular flexibility index (Phi) is 2.18. The average molecular weight is 145 g/mol. The second-order valence-corrected chi connectivity index (χ2v) is 2.59. The van der Waals surface area contributed by atoms with Crippen LogP contribution in [0, 0.1) is 18.3 Å². The summed E-state index contributed by atoms with van der Waals surface area (Å²) in [5.41, 5.74) is 7.12. The van der Waals surface area contributed by atoms with Gasteiger partial charge in [-0.25, -0.2) is 0 Å². The van der Waals surface area contributed by atoms with Gasteiger partial charge < -0.3 is 5.73 Å². The highest BCUT2D eigenvalue weighted by molar-refractivity contribution is 5.46. The minimum atomic E-state index is 0.373. The molecule has 1 aliphatic rings. The van der Waals surface area contributed by atoms with Gasteiger partial charge in [0.1, 0.15) is 0 Å². The normalized spacial score (nSPS) is 23.1. The quantitative estimate of drug-likeness (QED) is 0.515. The zero-order valence-electron chi connectivity index (χ0n) is 6.54. The molecule has 0 saturated carbocycles. The molecule has 1 nitrogen and oxygen atoms in total. The predicted octanol–water partition coefficient (Wildman–Crippen LogP) is 1.59. The average Bonchev–Trinajstić information content (AvgIpc) is 2.13. The van der Waals surface area contributed by atoms with Crippen LogP contribution in [0.4, 0.5) is 0 Å². The zero-order valence-corrected chi connectivity index (χ0v) is 6.54. The van der Waals surface area contributed by atoms with E-state index in [1.807, 2.05) is 18.2 Å². The number of allylic oxidation sites excluding steroid dienone is 5. The van der Waals surface area contributed by atoms with Gasteiger partial charge in [0, 0.05) is 11.3 Å². The lowest BCUT2D eigenvalue weighted by Crippen LogP contribution is -1.99. The van der Waals surface area contributed by atoms with E-state index in [0.717, 1.165) is 5.57 Å². The molecule has 2 N–H and O–H groups in total. The summed E-state index contributed by atoms with van der Waals surface area (Å²) in [5.74, 6) is 2.93. The Morgan fingerprint density at radius 3 is 3.00 bits per heavy atom. The van der Waals surface area contributed by atoms with E-state index in [0.29, 0.717) is 11.6 Å². The molecule has 0 radical (unpaired) electrons. The van der Waals surface area contributed by atoms with Crippen LogP contribution < -0.4 is 5.73 Å². The summed E-state index contributed by atoms with van der Waals surface area (Å²) in [6, 6.07) is 0. The van der Waals surface area contributed by atoms with Gasteiger partial charge in [0.15, 0.2) is 0 Å². The van der Waals surface area contributed by atoms with Gasteiger partial charge in [-0.15, -0.1) is 6.42 Å². The highest BCUT2D eigenvalue weighted by atomic mass is 14.6. The van der Waals surface area contributed by atoms with Gasteiger partial charge in [-0.05, 0) is 12.0 Å². The van der Waals surface area contributed by atoms with Gasteiger partial charge in [0.25, 0.3) is 0 Å². The van der Waals surface area contributed by atoms with Crippen LogP contribution in [0.2, 0.25) is 0 Å². The molecule has 0 aliphatic heterocycles. The molecule has 0 fully saturated rings. The fourth-order valence-electron chi connectivity index (χ4n) is 0.970. The molecule has 0 heterocycles. The second-order valence-electron chi connectivity index (χ2n) is 2.59. The number of hydrogen-bond donors (Lipinski definition) is 1. The van der Waals surface area contributed by atoms with Gasteiger partial charge in [0.05, 0.1) is 0 Å². The lowest BCUT2D eigenvalue weighted by molar-refractivity contribution is 0.936. The first-order valence-electron chi connectivity index (χ1n) is 3.57. The highest BCUT2D eigenvalue weighted by Crippen LogP contribution is 2.12. The molecule has 1 unspecified atom stereocenters. The van der Waals surface area contributed by atoms with Gasteiger partial charge in [0.2, 0.25) is 0 Å². The standard InChI is InChI=1S/C10H11N/c1-3-9-7-8(2)5-4-6-10(9)11/h1,4-8H,11H2,2H3. The van der Waals surface area contributed by atoms with E-state index < -0.39 is 0 Å². The van der Waals surface area contributed by atoms with Gasteiger partial charge in [-0.1, -0.05) is 31.1 Å². The van der Waals surface area contributed by atoms with Crippen molar-refractivity contribution in [2.45, 2.75) is 6.92 Å². The first kappa shape index (κ1) is 7.68. The largest absolute Gasteiger partial charge is 0.398 e. The predicted molar refractivity (Wildman–Crippen MR) is 47.5 cm³/mol. The minimum absolute atomic E-state index is 0.373. The summed E-state index contributed by atoms with van der Waals surface area (Å²) in [4.78, 5) is 0. The van der Waals surface area contributed by atoms with Gasteiger partial charge in [-0.3, -0.25) is 0 Å². The van der Waals surface area contributed by atoms with Gasteiger partial charge in [-0.2, -0.15) is 0 Å². The molecular formula is C10H11N. The molecule has 11 heavy (non-hydrogen) atoms. The van der Waals surface area contributed by atoms with Crippen LogP contribution in [-0.4, -0.2) is 0 Å². The Bertz CT molecular complexity index is 274. The van der Waals surface area contributed by atoms with E-state index in [2.05, 4.69) is 18.9 Å². The topological polar surface area (TPSA) is 26.0 Å². The Hall–Kier alpha value is -1.42. The van der Waals surface area contributed by atoms with Crippen LogP contribution in [0.25, 0.3) is 0 Å². The van der Waals surface area contributed by atoms with Crippen molar-refractivity contribution < 1.29 is 0 Å². The Morgan fingerprint density at radius 1 is 1.64 bits per heavy atom. The lowest BCUT2D eigenvalue weighted by Gasteiger charge is -1.98. The Balaban J connectivity index is 3.01. The van der Waals surface area contributed by atoms with Crippen molar-refractivity contribution in [1.82, 2.24) is 0 Å². The number of rotatable bonds is 0. The van der Waals surface area contributed by atoms with Crippen molar-refractivity contribution >= 4 is 0 Å². The van der Waals surface area contributed by atoms with E-state index in [9.17, 15) is 0 Å². The summed E-state index contributed by atoms with van der Waals surface area (Å²) in [6.45, 7) is 2.07. The third-order valence-electron chi connectivity index (χ3n) is 1.59. The van der Waals surface area contributed by atoms with Crippen LogP contribution in [0.15, 0.2) is 35.6 Å². The van der Waals surface area contributed by atoms with E-state index in [1.165, 1.54) is 0 Å². The monoisotopic (exact) mass is 145 g/mol. The van der Waals surface area contributed by atoms with E-state index >= 15 is 0 Å². The van der Waals surface area contributed by atoms with Crippen LogP contribution in [0.1, 0.15) is 6.92 Å². The summed E-state index contributed by atoms with van der Waals surface area (Å²) in [5, 5.41) is 0. The van der Waals surface area contributed by atoms with Crippen LogP contribution >= 0.6 is 0 Å². The molecule has 0 aromatic rings. The maximum atomic E-state index is 5.65. The molecule has 56 valence electrons. The zero-order chi connectivity index (χ0) is 8.27. The maximum absolute atomic E-state index is 5.65. The molecule has 1 atom stereocenters. The molecular weight excluding hydrogens is 134 g/mol. The summed E-state index contributed by atoms with van der Waals surface area (Å²) < 4.78 is 0. The van der Waals surface area contributed by atoms with Gasteiger partial charge >= 0.3 is 0 Å². The van der Waals surface area contributed by atoms with E-state index in [4.69, 9.17) is 12.2 Å². The van der Waals surface area contributed by atoms with Crippen LogP contribution in [0.5, 0.6) is 0 Å². The van der Waals surface area contributed by atoms with Crippen molar-refractivity contribution in [3.63, 3.8) is 0 Å². The van der Waals surface area contributed by atoms with Crippen molar-refractivity contribution in [2.75, 3.05) is 0 Å². The number of terminal acetylenes is 1. The van der Waals surface area contributed by atoms with Crippen molar-refractivity contribution in [1.29, 1.82) is 0 Å². The fraction of sp³-hybridized carbons (Fsp3) is 0.200. The molecule has 0 aromatic heterocycles. The summed E-state index contributed by atoms with van der Waals surface area (Å²) in [7, 11) is 0. The molecule has 0 saturated heterocycles. The molecule has 0 bridgehead atoms. The molecule has 0 aromatic carbocycles. The molecule has 1 aliphatic carbocycles. The Labute approximate surface area is 67.3 Å². The van der Waals surface area contributed by atoms with Crippen molar-refractivity contribution in [2.24, 2.45) is 11.7 Å². The maximum Gasteiger partial charge on any atom is 0.0469 e. The number of hydrogen-bond acceptors (Lipinski definition) is 1. The molecule has 1 rings (SSSR count). The molecule has 0 spiro atoms. The first-order chi connectivity index (χ1) is 5.24. The Morgan fingerprint density at radius 2 is 2.36 bits per heavy atom. The third-order valence-corrected chi connectivity index (χ3v) is 1.59. The summed E-state index contributed by atoms with van der Waals surface area (Å²) >= 11 is 0. The fourth-order valence-corrected chi connectivity index (χ4v) is 0.970. The summed E-state index contributed by atoms with van der Waals surface area (Å²) in [6.07, 6.45) is 13.1. The minimum Gasteiger partial charge on any atom is -0.398 e. The number of nitrogens with two attached hydrogens (primary N) is 1. The van der Waals surface area contributed by atoms with Crippen molar-refractivity contribution in [3.05, 3.63) is 35.6 Å². The second kappa shape index (κ2) is 3.12. The lowest BCUT2D eigenvalue weighted by atomic mass is 10.1. The highest BCUT2D eigenvalue weighted by Gasteiger charge is 2.01. The third kappa shape index (κ3) is 1.75. The SMILES string of the molecule is C#CC1=CC(C)C=CC=C1N. The van der Waals surface area contributed by atoms with E-state index in [1.54, 1.807) is 0 Å². The van der Waals surface area contributed by atoms with Crippen LogP contribution in [-0.2, 0) is 0 Å². The van der Waals surface area contributed by atoms with Crippen molar-refractivity contribution in [3.8, 4) is 12.3 Å². The van der Waals surface area contributed by atoms with Crippen LogP contribution in [0.3, 0.4) is 0 Å². The van der Waals surface area contributed by atoms with E-state index in [-0.39, 0.29) is 0 Å². The smallest absolute Gasteiger partial charge is 0.0469 e. The molecule has 0 amide bonds. The molecule has 1 heteroatoms. The first-order valence-corrected chi connectivity index (χ1v) is 3.57.